The monoisotopic (exact) mass is 304 g/mol. The van der Waals surface area contributed by atoms with Gasteiger partial charge in [-0.05, 0) is 19.3 Å². The molecule has 2 heterocycles. The van der Waals surface area contributed by atoms with Crippen LogP contribution in [0.2, 0.25) is 0 Å². The minimum atomic E-state index is -3.07. The molecule has 2 rings (SSSR count). The first-order chi connectivity index (χ1) is 9.39. The summed E-state index contributed by atoms with van der Waals surface area (Å²) in [4.78, 5) is 24.9. The highest BCUT2D eigenvalue weighted by atomic mass is 32.2. The van der Waals surface area contributed by atoms with Crippen LogP contribution in [-0.4, -0.2) is 69.0 Å². The van der Waals surface area contributed by atoms with Crippen molar-refractivity contribution in [3.8, 4) is 0 Å². The van der Waals surface area contributed by atoms with Gasteiger partial charge in [0.05, 0.1) is 17.6 Å². The summed E-state index contributed by atoms with van der Waals surface area (Å²) in [6, 6.07) is -0.402. The summed E-state index contributed by atoms with van der Waals surface area (Å²) in [5.41, 5.74) is 0. The number of likely N-dealkylation sites (N-methyl/N-ethyl adjacent to an activating group) is 1. The van der Waals surface area contributed by atoms with Gasteiger partial charge in [-0.1, -0.05) is 0 Å². The van der Waals surface area contributed by atoms with Crippen LogP contribution in [0.3, 0.4) is 0 Å². The molecule has 0 saturated carbocycles. The number of amides is 2. The minimum Gasteiger partial charge on any atom is -0.376 e. The topological polar surface area (TPSA) is 92.8 Å². The number of nitrogens with zero attached hydrogens (tertiary/aromatic N) is 1. The first kappa shape index (κ1) is 15.2. The van der Waals surface area contributed by atoms with E-state index in [0.717, 1.165) is 12.8 Å². The highest BCUT2D eigenvalue weighted by Gasteiger charge is 2.34. The van der Waals surface area contributed by atoms with E-state index in [4.69, 9.17) is 4.74 Å². The summed E-state index contributed by atoms with van der Waals surface area (Å²) in [6.07, 6.45) is 2.22. The zero-order valence-electron chi connectivity index (χ0n) is 11.5. The van der Waals surface area contributed by atoms with Gasteiger partial charge < -0.3 is 15.0 Å². The van der Waals surface area contributed by atoms with Crippen molar-refractivity contribution in [2.45, 2.75) is 31.4 Å². The Balaban J connectivity index is 1.81. The Kier molecular flexibility index (Phi) is 4.64. The molecule has 2 atom stereocenters. The zero-order valence-corrected chi connectivity index (χ0v) is 12.3. The predicted molar refractivity (Wildman–Crippen MR) is 71.8 cm³/mol. The van der Waals surface area contributed by atoms with Gasteiger partial charge in [0.2, 0.25) is 0 Å². The fraction of sp³-hybridized carbons (Fsp3) is 0.833. The highest BCUT2D eigenvalue weighted by Crippen LogP contribution is 2.16. The summed E-state index contributed by atoms with van der Waals surface area (Å²) in [5, 5.41) is 2.54. The van der Waals surface area contributed by atoms with Crippen LogP contribution in [0, 0.1) is 0 Å². The van der Waals surface area contributed by atoms with Crippen LogP contribution in [0.5, 0.6) is 0 Å². The van der Waals surface area contributed by atoms with Gasteiger partial charge in [-0.25, -0.2) is 8.42 Å². The molecular weight excluding hydrogens is 284 g/mol. The minimum absolute atomic E-state index is 0.0242. The Bertz CT molecular complexity index is 484. The standard InChI is InChI=1S/C12H20N2O5S/c1-14(9-4-6-20(17,18)8-9)12(16)11(15)13-7-10-3-2-5-19-10/h9-10H,2-8H2,1H3,(H,13,15). The Morgan fingerprint density at radius 1 is 1.35 bits per heavy atom. The second kappa shape index (κ2) is 6.09. The van der Waals surface area contributed by atoms with Crippen molar-refractivity contribution in [2.24, 2.45) is 0 Å². The van der Waals surface area contributed by atoms with Gasteiger partial charge in [-0.15, -0.1) is 0 Å². The summed E-state index contributed by atoms with van der Waals surface area (Å²) in [7, 11) is -1.60. The Morgan fingerprint density at radius 2 is 2.10 bits per heavy atom. The van der Waals surface area contributed by atoms with Crippen LogP contribution in [-0.2, 0) is 24.2 Å². The Labute approximate surface area is 118 Å². The lowest BCUT2D eigenvalue weighted by Gasteiger charge is -2.22. The number of rotatable bonds is 3. The molecule has 0 radical (unpaired) electrons. The molecule has 7 nitrogen and oxygen atoms in total. The molecule has 0 aliphatic carbocycles. The van der Waals surface area contributed by atoms with Gasteiger partial charge in [-0.3, -0.25) is 9.59 Å². The fourth-order valence-electron chi connectivity index (χ4n) is 2.49. The van der Waals surface area contributed by atoms with Crippen molar-refractivity contribution in [3.05, 3.63) is 0 Å². The molecule has 0 bridgehead atoms. The lowest BCUT2D eigenvalue weighted by Crippen LogP contribution is -2.47. The van der Waals surface area contributed by atoms with Crippen LogP contribution in [0.15, 0.2) is 0 Å². The maximum Gasteiger partial charge on any atom is 0.311 e. The molecule has 1 N–H and O–H groups in total. The van der Waals surface area contributed by atoms with E-state index in [9.17, 15) is 18.0 Å². The fourth-order valence-corrected chi connectivity index (χ4v) is 4.27. The quantitative estimate of drug-likeness (QED) is 0.670. The Hall–Kier alpha value is -1.15. The average Bonchev–Trinajstić information content (AvgIpc) is 3.03. The second-order valence-corrected chi connectivity index (χ2v) is 7.55. The largest absolute Gasteiger partial charge is 0.376 e. The van der Waals surface area contributed by atoms with Crippen LogP contribution in [0.1, 0.15) is 19.3 Å². The maximum absolute atomic E-state index is 11.9. The van der Waals surface area contributed by atoms with Gasteiger partial charge in [-0.2, -0.15) is 0 Å². The first-order valence-electron chi connectivity index (χ1n) is 6.76. The van der Waals surface area contributed by atoms with Crippen LogP contribution < -0.4 is 5.32 Å². The molecule has 2 aliphatic heterocycles. The number of sulfone groups is 1. The van der Waals surface area contributed by atoms with Gasteiger partial charge in [0.15, 0.2) is 9.84 Å². The van der Waals surface area contributed by atoms with E-state index in [1.165, 1.54) is 11.9 Å². The first-order valence-corrected chi connectivity index (χ1v) is 8.58. The third-order valence-corrected chi connectivity index (χ3v) is 5.54. The molecule has 8 heteroatoms. The summed E-state index contributed by atoms with van der Waals surface area (Å²) in [5.74, 6) is -1.38. The van der Waals surface area contributed by atoms with E-state index in [1.807, 2.05) is 0 Å². The van der Waals surface area contributed by atoms with Crippen LogP contribution in [0.4, 0.5) is 0 Å². The van der Waals surface area contributed by atoms with Crippen molar-refractivity contribution >= 4 is 21.7 Å². The number of carbonyl (C=O) groups is 2. The molecule has 2 saturated heterocycles. The third kappa shape index (κ3) is 3.69. The summed E-state index contributed by atoms with van der Waals surface area (Å²) < 4.78 is 28.1. The molecule has 2 fully saturated rings. The number of carbonyl (C=O) groups excluding carboxylic acids is 2. The SMILES string of the molecule is CN(C(=O)C(=O)NCC1CCCO1)C1CCS(=O)(=O)C1. The van der Waals surface area contributed by atoms with E-state index in [2.05, 4.69) is 5.32 Å². The van der Waals surface area contributed by atoms with Crippen molar-refractivity contribution in [1.29, 1.82) is 0 Å². The second-order valence-electron chi connectivity index (χ2n) is 5.32. The number of hydrogen-bond acceptors (Lipinski definition) is 5. The lowest BCUT2D eigenvalue weighted by atomic mass is 10.2. The van der Waals surface area contributed by atoms with Crippen molar-refractivity contribution in [3.63, 3.8) is 0 Å². The molecule has 2 aliphatic rings. The van der Waals surface area contributed by atoms with E-state index < -0.39 is 27.7 Å². The molecule has 2 amide bonds. The van der Waals surface area contributed by atoms with E-state index in [-0.39, 0.29) is 17.6 Å². The normalized spacial score (nSPS) is 28.2. The molecule has 20 heavy (non-hydrogen) atoms. The summed E-state index contributed by atoms with van der Waals surface area (Å²) in [6.45, 7) is 1.01. The zero-order chi connectivity index (χ0) is 14.8. The van der Waals surface area contributed by atoms with Gasteiger partial charge in [0, 0.05) is 26.2 Å². The van der Waals surface area contributed by atoms with Crippen molar-refractivity contribution < 1.29 is 22.7 Å². The smallest absolute Gasteiger partial charge is 0.311 e. The van der Waals surface area contributed by atoms with Crippen LogP contribution >= 0.6 is 0 Å². The van der Waals surface area contributed by atoms with Gasteiger partial charge in [0.1, 0.15) is 0 Å². The van der Waals surface area contributed by atoms with E-state index >= 15 is 0 Å². The molecule has 0 aromatic rings. The van der Waals surface area contributed by atoms with E-state index in [0.29, 0.717) is 19.6 Å². The molecule has 2 unspecified atom stereocenters. The van der Waals surface area contributed by atoms with Gasteiger partial charge >= 0.3 is 11.8 Å². The summed E-state index contributed by atoms with van der Waals surface area (Å²) >= 11 is 0. The lowest BCUT2D eigenvalue weighted by molar-refractivity contribution is -0.146. The maximum atomic E-state index is 11.9. The Morgan fingerprint density at radius 3 is 2.65 bits per heavy atom. The molecule has 0 aromatic carbocycles. The van der Waals surface area contributed by atoms with E-state index in [1.54, 1.807) is 0 Å². The molecule has 114 valence electrons. The number of hydrogen-bond donors (Lipinski definition) is 1. The van der Waals surface area contributed by atoms with Gasteiger partial charge in [0.25, 0.3) is 0 Å². The number of nitrogens with one attached hydrogen (secondary N) is 1. The average molecular weight is 304 g/mol. The molecular formula is C12H20N2O5S. The van der Waals surface area contributed by atoms with Crippen LogP contribution in [0.25, 0.3) is 0 Å². The van der Waals surface area contributed by atoms with Crippen molar-refractivity contribution in [1.82, 2.24) is 10.2 Å². The molecule has 0 spiro atoms. The number of ether oxygens (including phenoxy) is 1. The highest BCUT2D eigenvalue weighted by molar-refractivity contribution is 7.91. The third-order valence-electron chi connectivity index (χ3n) is 3.78. The predicted octanol–water partition coefficient (Wildman–Crippen LogP) is -1.07. The van der Waals surface area contributed by atoms with Crippen molar-refractivity contribution in [2.75, 3.05) is 31.7 Å². The molecule has 0 aromatic heterocycles.